The van der Waals surface area contributed by atoms with Gasteiger partial charge in [-0.25, -0.2) is 4.79 Å². The summed E-state index contributed by atoms with van der Waals surface area (Å²) in [4.78, 5) is 86.4. The molecule has 5 amide bonds. The van der Waals surface area contributed by atoms with Crippen LogP contribution in [0.4, 0.5) is 4.79 Å². The Hall–Kier alpha value is -6.25. The molecule has 0 saturated carbocycles. The lowest BCUT2D eigenvalue weighted by Crippen LogP contribution is -2.52. The standard InChI is InChI=1S/C35H39N5O10/c41-29(19-37-33(46)27(16-17-31(43)44)40-35(48)50-23-26-14-8-3-9-15-26)36-20-30(42)39-28(18-24-10-4-1-5-11-24)34(47)38-21-32(45)49-22-25-12-6-2-7-13-25/h1-15,27-28H,16-23H2,(H,36,41)(H,37,46)(H,38,47)(H,39,42)(H,40,48)(H,43,44)/t27-,28-/m0/s1. The Labute approximate surface area is 288 Å². The molecule has 264 valence electrons. The average Bonchev–Trinajstić information content (AvgIpc) is 3.12. The lowest BCUT2D eigenvalue weighted by atomic mass is 10.1. The molecule has 6 N–H and O–H groups in total. The summed E-state index contributed by atoms with van der Waals surface area (Å²) in [6.07, 6.45) is -1.60. The third kappa shape index (κ3) is 15.1. The van der Waals surface area contributed by atoms with E-state index in [1.54, 1.807) is 84.9 Å². The van der Waals surface area contributed by atoms with Crippen molar-refractivity contribution in [3.63, 3.8) is 0 Å². The van der Waals surface area contributed by atoms with Crippen molar-refractivity contribution in [2.24, 2.45) is 0 Å². The monoisotopic (exact) mass is 689 g/mol. The largest absolute Gasteiger partial charge is 0.481 e. The van der Waals surface area contributed by atoms with E-state index in [9.17, 15) is 33.6 Å². The fourth-order valence-electron chi connectivity index (χ4n) is 4.35. The van der Waals surface area contributed by atoms with Crippen LogP contribution in [0.3, 0.4) is 0 Å². The summed E-state index contributed by atoms with van der Waals surface area (Å²) in [5, 5.41) is 21.0. The van der Waals surface area contributed by atoms with Crippen LogP contribution in [0.5, 0.6) is 0 Å². The normalized spacial score (nSPS) is 11.5. The zero-order valence-corrected chi connectivity index (χ0v) is 27.1. The predicted octanol–water partition coefficient (Wildman–Crippen LogP) is 0.966. The number of alkyl carbamates (subject to hydrolysis) is 1. The molecule has 3 aromatic carbocycles. The van der Waals surface area contributed by atoms with Crippen LogP contribution in [-0.2, 0) is 57.9 Å². The summed E-state index contributed by atoms with van der Waals surface area (Å²) in [6, 6.07) is 24.1. The fraction of sp³-hybridized carbons (Fsp3) is 0.286. The van der Waals surface area contributed by atoms with E-state index in [1.165, 1.54) is 0 Å². The number of benzene rings is 3. The molecular weight excluding hydrogens is 650 g/mol. The molecule has 0 bridgehead atoms. The summed E-state index contributed by atoms with van der Waals surface area (Å²) >= 11 is 0. The molecule has 0 aromatic heterocycles. The molecule has 0 radical (unpaired) electrons. The topological polar surface area (TPSA) is 218 Å². The summed E-state index contributed by atoms with van der Waals surface area (Å²) in [5.41, 5.74) is 2.19. The Kier molecular flexibility index (Phi) is 15.9. The first-order valence-electron chi connectivity index (χ1n) is 15.6. The summed E-state index contributed by atoms with van der Waals surface area (Å²) in [7, 11) is 0. The minimum atomic E-state index is -1.32. The minimum Gasteiger partial charge on any atom is -0.481 e. The van der Waals surface area contributed by atoms with Crippen molar-refractivity contribution in [2.45, 2.75) is 44.6 Å². The lowest BCUT2D eigenvalue weighted by Gasteiger charge is -2.19. The van der Waals surface area contributed by atoms with Gasteiger partial charge in [0.1, 0.15) is 31.8 Å². The zero-order valence-electron chi connectivity index (χ0n) is 27.1. The van der Waals surface area contributed by atoms with E-state index in [2.05, 4.69) is 26.6 Å². The highest BCUT2D eigenvalue weighted by molar-refractivity contribution is 5.93. The number of amides is 5. The van der Waals surface area contributed by atoms with Crippen molar-refractivity contribution in [3.05, 3.63) is 108 Å². The van der Waals surface area contributed by atoms with Crippen LogP contribution in [0.25, 0.3) is 0 Å². The van der Waals surface area contributed by atoms with Crippen LogP contribution in [0.1, 0.15) is 29.5 Å². The molecule has 0 fully saturated rings. The van der Waals surface area contributed by atoms with Gasteiger partial charge in [-0.05, 0) is 23.1 Å². The Balaban J connectivity index is 1.47. The van der Waals surface area contributed by atoms with E-state index in [0.717, 1.165) is 11.1 Å². The first-order chi connectivity index (χ1) is 24.1. The van der Waals surface area contributed by atoms with Gasteiger partial charge in [-0.2, -0.15) is 0 Å². The molecule has 2 atom stereocenters. The number of carbonyl (C=O) groups is 7. The van der Waals surface area contributed by atoms with Crippen molar-refractivity contribution in [1.82, 2.24) is 26.6 Å². The van der Waals surface area contributed by atoms with Gasteiger partial charge in [0.25, 0.3) is 0 Å². The van der Waals surface area contributed by atoms with Crippen LogP contribution in [0.2, 0.25) is 0 Å². The first kappa shape index (κ1) is 38.2. The highest BCUT2D eigenvalue weighted by Gasteiger charge is 2.24. The molecule has 0 aliphatic rings. The molecule has 0 spiro atoms. The highest BCUT2D eigenvalue weighted by Crippen LogP contribution is 2.05. The molecule has 3 rings (SSSR count). The van der Waals surface area contributed by atoms with Gasteiger partial charge >= 0.3 is 18.0 Å². The van der Waals surface area contributed by atoms with Crippen molar-refractivity contribution in [1.29, 1.82) is 0 Å². The number of aliphatic carboxylic acids is 1. The van der Waals surface area contributed by atoms with E-state index in [4.69, 9.17) is 14.6 Å². The van der Waals surface area contributed by atoms with Crippen molar-refractivity contribution in [2.75, 3.05) is 19.6 Å². The molecule has 50 heavy (non-hydrogen) atoms. The summed E-state index contributed by atoms with van der Waals surface area (Å²) in [6.45, 7) is -1.65. The molecule has 0 aliphatic heterocycles. The van der Waals surface area contributed by atoms with Crippen molar-refractivity contribution in [3.8, 4) is 0 Å². The van der Waals surface area contributed by atoms with Crippen molar-refractivity contribution >= 4 is 41.7 Å². The smallest absolute Gasteiger partial charge is 0.408 e. The molecule has 0 heterocycles. The van der Waals surface area contributed by atoms with E-state index in [0.29, 0.717) is 5.56 Å². The van der Waals surface area contributed by atoms with Gasteiger partial charge in [0.05, 0.1) is 13.1 Å². The van der Waals surface area contributed by atoms with Gasteiger partial charge < -0.3 is 41.2 Å². The van der Waals surface area contributed by atoms with Crippen LogP contribution >= 0.6 is 0 Å². The average molecular weight is 690 g/mol. The summed E-state index contributed by atoms with van der Waals surface area (Å²) < 4.78 is 10.3. The van der Waals surface area contributed by atoms with Gasteiger partial charge in [0.15, 0.2) is 0 Å². The van der Waals surface area contributed by atoms with Crippen LogP contribution < -0.4 is 26.6 Å². The Bertz CT molecular complexity index is 1590. The number of carboxylic acid groups (broad SMARTS) is 1. The fourth-order valence-corrected chi connectivity index (χ4v) is 4.35. The van der Waals surface area contributed by atoms with Crippen LogP contribution in [-0.4, -0.2) is 78.5 Å². The van der Waals surface area contributed by atoms with Gasteiger partial charge in [-0.15, -0.1) is 0 Å². The maximum atomic E-state index is 13.0. The van der Waals surface area contributed by atoms with E-state index in [-0.39, 0.29) is 26.1 Å². The van der Waals surface area contributed by atoms with E-state index in [1.807, 2.05) is 6.07 Å². The molecule has 15 heteroatoms. The lowest BCUT2D eigenvalue weighted by molar-refractivity contribution is -0.145. The van der Waals surface area contributed by atoms with Gasteiger partial charge in [0, 0.05) is 12.8 Å². The van der Waals surface area contributed by atoms with Gasteiger partial charge in [-0.1, -0.05) is 91.0 Å². The van der Waals surface area contributed by atoms with Crippen LogP contribution in [0, 0.1) is 0 Å². The number of ether oxygens (including phenoxy) is 2. The minimum absolute atomic E-state index is 0.0284. The number of nitrogens with one attached hydrogen (secondary N) is 5. The molecule has 0 saturated heterocycles. The second-order valence-corrected chi connectivity index (χ2v) is 10.9. The Morgan fingerprint density at radius 3 is 1.64 bits per heavy atom. The third-order valence-corrected chi connectivity index (χ3v) is 6.92. The first-order valence-corrected chi connectivity index (χ1v) is 15.6. The predicted molar refractivity (Wildman–Crippen MR) is 178 cm³/mol. The molecule has 0 aliphatic carbocycles. The number of rotatable bonds is 19. The number of esters is 1. The Morgan fingerprint density at radius 1 is 0.560 bits per heavy atom. The summed E-state index contributed by atoms with van der Waals surface area (Å²) in [5.74, 6) is -4.87. The molecule has 0 unspecified atom stereocenters. The van der Waals surface area contributed by atoms with Gasteiger partial charge in [0.2, 0.25) is 23.6 Å². The van der Waals surface area contributed by atoms with Crippen molar-refractivity contribution < 1.29 is 48.1 Å². The van der Waals surface area contributed by atoms with E-state index >= 15 is 0 Å². The number of hydrogen-bond donors (Lipinski definition) is 6. The maximum absolute atomic E-state index is 13.0. The maximum Gasteiger partial charge on any atom is 0.408 e. The number of carboxylic acids is 1. The number of hydrogen-bond acceptors (Lipinski definition) is 9. The highest BCUT2D eigenvalue weighted by atomic mass is 16.5. The second-order valence-electron chi connectivity index (χ2n) is 10.9. The zero-order chi connectivity index (χ0) is 36.1. The Morgan fingerprint density at radius 2 is 1.06 bits per heavy atom. The second kappa shape index (κ2) is 20.9. The molecular formula is C35H39N5O10. The van der Waals surface area contributed by atoms with E-state index < -0.39 is 79.8 Å². The van der Waals surface area contributed by atoms with Gasteiger partial charge in [-0.3, -0.25) is 28.8 Å². The quantitative estimate of drug-likeness (QED) is 0.0980. The van der Waals surface area contributed by atoms with Crippen LogP contribution in [0.15, 0.2) is 91.0 Å². The third-order valence-electron chi connectivity index (χ3n) is 6.92. The number of carbonyl (C=O) groups excluding carboxylic acids is 6. The molecule has 15 nitrogen and oxygen atoms in total. The SMILES string of the molecule is O=C(O)CC[C@H](NC(=O)OCc1ccccc1)C(=O)NCC(=O)NCC(=O)N[C@@H](Cc1ccccc1)C(=O)NCC(=O)OCc1ccccc1. The molecule has 3 aromatic rings.